The van der Waals surface area contributed by atoms with E-state index in [9.17, 15) is 13.2 Å². The molecule has 0 aliphatic heterocycles. The average Bonchev–Trinajstić information content (AvgIpc) is 2.92. The number of Topliss-reactive ketones (excluding diaryl/α,β-unsaturated/α-hetero) is 1. The van der Waals surface area contributed by atoms with Gasteiger partial charge in [0.15, 0.2) is 21.4 Å². The number of hydrogen-bond acceptors (Lipinski definition) is 7. The zero-order valence-corrected chi connectivity index (χ0v) is 14.2. The van der Waals surface area contributed by atoms with Gasteiger partial charge in [-0.3, -0.25) is 4.79 Å². The van der Waals surface area contributed by atoms with E-state index in [-0.39, 0.29) is 17.4 Å². The number of carbonyl (C=O) groups excluding carboxylic acids is 1. The predicted octanol–water partition coefficient (Wildman–Crippen LogP) is 2.27. The van der Waals surface area contributed by atoms with Crippen LogP contribution >= 0.6 is 0 Å². The molecule has 0 fully saturated rings. The molecule has 1 atom stereocenters. The summed E-state index contributed by atoms with van der Waals surface area (Å²) in [5.41, 5.74) is 0.848. The summed E-state index contributed by atoms with van der Waals surface area (Å²) in [4.78, 5) is 15.5. The molecule has 0 radical (unpaired) electrons. The molecule has 0 aliphatic carbocycles. The highest BCUT2D eigenvalue weighted by Gasteiger charge is 2.29. The van der Waals surface area contributed by atoms with E-state index in [0.29, 0.717) is 22.7 Å². The number of nitrogens with zero attached hydrogens (tertiary/aromatic N) is 2. The molecule has 8 heteroatoms. The Hall–Kier alpha value is -2.22. The lowest BCUT2D eigenvalue weighted by Gasteiger charge is -2.13. The van der Waals surface area contributed by atoms with Gasteiger partial charge in [-0.15, -0.1) is 0 Å². The Morgan fingerprint density at radius 2 is 2.09 bits per heavy atom. The fourth-order valence-electron chi connectivity index (χ4n) is 2.08. The van der Waals surface area contributed by atoms with Crippen LogP contribution in [0, 0.1) is 6.92 Å². The third-order valence-corrected chi connectivity index (χ3v) is 5.47. The van der Waals surface area contributed by atoms with Crippen LogP contribution in [0.3, 0.4) is 0 Å². The van der Waals surface area contributed by atoms with Gasteiger partial charge in [-0.25, -0.2) is 8.42 Å². The molecule has 0 unspecified atom stereocenters. The molecule has 0 N–H and O–H groups in total. The Kier molecular flexibility index (Phi) is 4.84. The van der Waals surface area contributed by atoms with Crippen molar-refractivity contribution in [3.05, 3.63) is 41.0 Å². The zero-order valence-electron chi connectivity index (χ0n) is 13.4. The van der Waals surface area contributed by atoms with Crippen molar-refractivity contribution in [2.24, 2.45) is 0 Å². The van der Waals surface area contributed by atoms with E-state index in [1.165, 1.54) is 27.0 Å². The van der Waals surface area contributed by atoms with Gasteiger partial charge in [-0.1, -0.05) is 5.16 Å². The maximum Gasteiger partial charge on any atom is 0.244 e. The van der Waals surface area contributed by atoms with Crippen molar-refractivity contribution in [2.75, 3.05) is 7.11 Å². The third kappa shape index (κ3) is 3.76. The number of hydrogen-bond donors (Lipinski definition) is 0. The Bertz CT molecular complexity index is 826. The molecule has 1 aromatic carbocycles. The van der Waals surface area contributed by atoms with Crippen LogP contribution in [0.2, 0.25) is 0 Å². The second-order valence-corrected chi connectivity index (χ2v) is 7.53. The number of ketones is 1. The molecule has 0 bridgehead atoms. The molecule has 0 saturated heterocycles. The Morgan fingerprint density at radius 3 is 2.61 bits per heavy atom. The second kappa shape index (κ2) is 6.49. The largest absolute Gasteiger partial charge is 0.496 e. The summed E-state index contributed by atoms with van der Waals surface area (Å²) in [6.07, 6.45) is 0. The first-order chi connectivity index (χ1) is 10.7. The lowest BCUT2D eigenvalue weighted by molar-refractivity contribution is 0.101. The molecule has 0 amide bonds. The van der Waals surface area contributed by atoms with Crippen molar-refractivity contribution in [3.8, 4) is 5.75 Å². The summed E-state index contributed by atoms with van der Waals surface area (Å²) >= 11 is 0. The van der Waals surface area contributed by atoms with Crippen LogP contribution in [0.25, 0.3) is 0 Å². The van der Waals surface area contributed by atoms with Gasteiger partial charge in [0.2, 0.25) is 5.89 Å². The highest BCUT2D eigenvalue weighted by Crippen LogP contribution is 2.28. The van der Waals surface area contributed by atoms with E-state index in [2.05, 4.69) is 10.1 Å². The molecule has 2 rings (SSSR count). The molecular formula is C15H18N2O5S. The first-order valence-electron chi connectivity index (χ1n) is 6.94. The topological polar surface area (TPSA) is 99.4 Å². The molecule has 0 aliphatic rings. The van der Waals surface area contributed by atoms with Crippen LogP contribution in [0.4, 0.5) is 0 Å². The first-order valence-corrected chi connectivity index (χ1v) is 8.65. The third-order valence-electron chi connectivity index (χ3n) is 3.47. The monoisotopic (exact) mass is 338 g/mol. The number of aryl methyl sites for hydroxylation is 1. The van der Waals surface area contributed by atoms with E-state index in [0.717, 1.165) is 0 Å². The number of ether oxygens (including phenoxy) is 1. The van der Waals surface area contributed by atoms with E-state index in [4.69, 9.17) is 9.26 Å². The minimum Gasteiger partial charge on any atom is -0.496 e. The minimum atomic E-state index is -3.62. The van der Waals surface area contributed by atoms with Gasteiger partial charge in [0.1, 0.15) is 11.0 Å². The van der Waals surface area contributed by atoms with Crippen molar-refractivity contribution in [3.63, 3.8) is 0 Å². The lowest BCUT2D eigenvalue weighted by Crippen LogP contribution is -2.14. The van der Waals surface area contributed by atoms with E-state index < -0.39 is 15.1 Å². The Balaban J connectivity index is 2.36. The number of benzene rings is 1. The number of rotatable bonds is 6. The highest BCUT2D eigenvalue weighted by atomic mass is 32.2. The molecule has 124 valence electrons. The molecule has 23 heavy (non-hydrogen) atoms. The summed E-state index contributed by atoms with van der Waals surface area (Å²) in [6.45, 7) is 4.53. The van der Waals surface area contributed by atoms with Crippen LogP contribution in [-0.4, -0.2) is 31.5 Å². The first kappa shape index (κ1) is 17.1. The number of sulfone groups is 1. The molecule has 0 saturated carbocycles. The van der Waals surface area contributed by atoms with Gasteiger partial charge >= 0.3 is 0 Å². The zero-order chi connectivity index (χ0) is 17.2. The summed E-state index contributed by atoms with van der Waals surface area (Å²) in [5, 5.41) is 2.66. The SMILES string of the molecule is COc1ccc(C(C)=O)cc1CS(=O)(=O)[C@@H](C)c1nc(C)no1. The number of aromatic nitrogens is 2. The smallest absolute Gasteiger partial charge is 0.244 e. The van der Waals surface area contributed by atoms with E-state index >= 15 is 0 Å². The van der Waals surface area contributed by atoms with Crippen LogP contribution in [-0.2, 0) is 15.6 Å². The highest BCUT2D eigenvalue weighted by molar-refractivity contribution is 7.90. The van der Waals surface area contributed by atoms with Gasteiger partial charge < -0.3 is 9.26 Å². The van der Waals surface area contributed by atoms with E-state index in [1.807, 2.05) is 0 Å². The van der Waals surface area contributed by atoms with Crippen molar-refractivity contribution in [2.45, 2.75) is 31.8 Å². The van der Waals surface area contributed by atoms with Crippen molar-refractivity contribution in [1.29, 1.82) is 0 Å². The average molecular weight is 338 g/mol. The maximum atomic E-state index is 12.6. The minimum absolute atomic E-state index is 0.0455. The normalized spacial score (nSPS) is 12.9. The molecule has 7 nitrogen and oxygen atoms in total. The number of carbonyl (C=O) groups is 1. The molecule has 1 aromatic heterocycles. The van der Waals surface area contributed by atoms with Crippen LogP contribution in [0.1, 0.15) is 46.7 Å². The maximum absolute atomic E-state index is 12.6. The van der Waals surface area contributed by atoms with Crippen LogP contribution < -0.4 is 4.74 Å². The Morgan fingerprint density at radius 1 is 1.39 bits per heavy atom. The lowest BCUT2D eigenvalue weighted by atomic mass is 10.1. The number of methoxy groups -OCH3 is 1. The second-order valence-electron chi connectivity index (χ2n) is 5.21. The van der Waals surface area contributed by atoms with Crippen LogP contribution in [0.15, 0.2) is 22.7 Å². The summed E-state index contributed by atoms with van der Waals surface area (Å²) in [7, 11) is -2.17. The molecule has 0 spiro atoms. The van der Waals surface area contributed by atoms with Crippen molar-refractivity contribution in [1.82, 2.24) is 10.1 Å². The van der Waals surface area contributed by atoms with Crippen molar-refractivity contribution < 1.29 is 22.5 Å². The standard InChI is InChI=1S/C15H18N2O5S/c1-9(18)12-5-6-14(21-4)13(7-12)8-23(19,20)10(2)15-16-11(3)17-22-15/h5-7,10H,8H2,1-4H3/t10-/m0/s1. The van der Waals surface area contributed by atoms with Crippen LogP contribution in [0.5, 0.6) is 5.75 Å². The van der Waals surface area contributed by atoms with Gasteiger partial charge in [0.05, 0.1) is 12.9 Å². The van der Waals surface area contributed by atoms with Gasteiger partial charge in [-0.05, 0) is 39.0 Å². The predicted molar refractivity (Wildman–Crippen MR) is 83.1 cm³/mol. The van der Waals surface area contributed by atoms with Gasteiger partial charge in [0, 0.05) is 11.1 Å². The molecule has 2 aromatic rings. The fourth-order valence-corrected chi connectivity index (χ4v) is 3.40. The fraction of sp³-hybridized carbons (Fsp3) is 0.400. The molecule has 1 heterocycles. The summed E-state index contributed by atoms with van der Waals surface area (Å²) < 4.78 is 35.3. The van der Waals surface area contributed by atoms with Gasteiger partial charge in [0.25, 0.3) is 0 Å². The van der Waals surface area contributed by atoms with E-state index in [1.54, 1.807) is 19.1 Å². The summed E-state index contributed by atoms with van der Waals surface area (Å²) in [5.74, 6) is 0.390. The quantitative estimate of drug-likeness (QED) is 0.745. The van der Waals surface area contributed by atoms with Crippen molar-refractivity contribution >= 4 is 15.6 Å². The summed E-state index contributed by atoms with van der Waals surface area (Å²) in [6, 6.07) is 4.72. The van der Waals surface area contributed by atoms with Gasteiger partial charge in [-0.2, -0.15) is 4.98 Å². The Labute approximate surface area is 134 Å². The molecular weight excluding hydrogens is 320 g/mol.